The Morgan fingerprint density at radius 2 is 1.59 bits per heavy atom. The Bertz CT molecular complexity index is 1240. The van der Waals surface area contributed by atoms with E-state index in [1.54, 1.807) is 6.21 Å². The SMILES string of the molecule is C(=N/Nc1nc2ccccc2o1)/c1cn(-c2ccccc2)nc1-c1ccccc1. The van der Waals surface area contributed by atoms with Gasteiger partial charge in [0, 0.05) is 17.3 Å². The number of fused-ring (bicyclic) bond motifs is 1. The van der Waals surface area contributed by atoms with Crippen LogP contribution >= 0.6 is 0 Å². The molecule has 0 saturated heterocycles. The van der Waals surface area contributed by atoms with Crippen molar-refractivity contribution in [3.8, 4) is 16.9 Å². The summed E-state index contributed by atoms with van der Waals surface area (Å²) in [7, 11) is 0. The molecule has 0 bridgehead atoms. The van der Waals surface area contributed by atoms with Crippen molar-refractivity contribution in [2.45, 2.75) is 0 Å². The molecule has 1 N–H and O–H groups in total. The molecule has 0 radical (unpaired) electrons. The first-order valence-corrected chi connectivity index (χ1v) is 9.22. The average Bonchev–Trinajstić information content (AvgIpc) is 3.39. The van der Waals surface area contributed by atoms with E-state index in [2.05, 4.69) is 15.5 Å². The Hall–Kier alpha value is -4.19. The predicted molar refractivity (Wildman–Crippen MR) is 114 cm³/mol. The van der Waals surface area contributed by atoms with Crippen LogP contribution in [0.25, 0.3) is 28.0 Å². The Kier molecular flexibility index (Phi) is 4.35. The van der Waals surface area contributed by atoms with Crippen molar-refractivity contribution in [1.82, 2.24) is 14.8 Å². The van der Waals surface area contributed by atoms with Crippen molar-refractivity contribution >= 4 is 23.3 Å². The molecule has 2 heterocycles. The molecular weight excluding hydrogens is 362 g/mol. The highest BCUT2D eigenvalue weighted by atomic mass is 16.4. The number of hydrogen-bond acceptors (Lipinski definition) is 5. The van der Waals surface area contributed by atoms with E-state index in [-0.39, 0.29) is 0 Å². The first-order valence-electron chi connectivity index (χ1n) is 9.22. The summed E-state index contributed by atoms with van der Waals surface area (Å²) < 4.78 is 7.49. The van der Waals surface area contributed by atoms with Gasteiger partial charge in [-0.3, -0.25) is 0 Å². The fourth-order valence-electron chi connectivity index (χ4n) is 3.09. The molecule has 0 amide bonds. The van der Waals surface area contributed by atoms with Gasteiger partial charge < -0.3 is 4.42 Å². The number of hydrogen-bond donors (Lipinski definition) is 1. The van der Waals surface area contributed by atoms with Crippen LogP contribution in [0.15, 0.2) is 101 Å². The molecule has 0 aliphatic heterocycles. The van der Waals surface area contributed by atoms with Gasteiger partial charge in [0.25, 0.3) is 0 Å². The van der Waals surface area contributed by atoms with Gasteiger partial charge in [0.1, 0.15) is 11.2 Å². The van der Waals surface area contributed by atoms with E-state index < -0.39 is 0 Å². The number of nitrogens with zero attached hydrogens (tertiary/aromatic N) is 4. The molecule has 0 aliphatic carbocycles. The molecule has 0 fully saturated rings. The number of para-hydroxylation sites is 3. The standard InChI is InChI=1S/C23H17N5O/c1-3-9-17(10-4-1)22-18(16-28(27-22)19-11-5-2-6-12-19)15-24-26-23-25-20-13-7-8-14-21(20)29-23/h1-16H,(H,25,26)/b24-15-. The van der Waals surface area contributed by atoms with E-state index in [9.17, 15) is 0 Å². The van der Waals surface area contributed by atoms with Gasteiger partial charge in [-0.15, -0.1) is 0 Å². The van der Waals surface area contributed by atoms with Gasteiger partial charge in [0.05, 0.1) is 11.9 Å². The summed E-state index contributed by atoms with van der Waals surface area (Å²) in [5, 5.41) is 9.09. The molecule has 2 aromatic heterocycles. The van der Waals surface area contributed by atoms with E-state index in [1.165, 1.54) is 0 Å². The van der Waals surface area contributed by atoms with E-state index in [0.717, 1.165) is 28.0 Å². The fourth-order valence-corrected chi connectivity index (χ4v) is 3.09. The fraction of sp³-hybridized carbons (Fsp3) is 0. The maximum atomic E-state index is 5.64. The Balaban J connectivity index is 1.47. The van der Waals surface area contributed by atoms with Gasteiger partial charge in [-0.25, -0.2) is 10.1 Å². The summed E-state index contributed by atoms with van der Waals surface area (Å²) in [5.41, 5.74) is 8.09. The summed E-state index contributed by atoms with van der Waals surface area (Å²) in [6.45, 7) is 0. The number of hydrazone groups is 1. The normalized spacial score (nSPS) is 11.3. The van der Waals surface area contributed by atoms with Crippen LogP contribution in [0.2, 0.25) is 0 Å². The zero-order valence-electron chi connectivity index (χ0n) is 15.4. The summed E-state index contributed by atoms with van der Waals surface area (Å²) in [6.07, 6.45) is 3.68. The highest BCUT2D eigenvalue weighted by Crippen LogP contribution is 2.23. The van der Waals surface area contributed by atoms with Crippen LogP contribution in [0.4, 0.5) is 6.01 Å². The minimum atomic E-state index is 0.346. The second kappa shape index (κ2) is 7.44. The number of anilines is 1. The third-order valence-electron chi connectivity index (χ3n) is 4.47. The predicted octanol–water partition coefficient (Wildman–Crippen LogP) is 5.13. The number of benzene rings is 3. The van der Waals surface area contributed by atoms with Crippen molar-refractivity contribution in [3.63, 3.8) is 0 Å². The second-order valence-electron chi connectivity index (χ2n) is 6.44. The molecule has 3 aromatic carbocycles. The molecule has 0 atom stereocenters. The first kappa shape index (κ1) is 16.9. The van der Waals surface area contributed by atoms with Crippen LogP contribution in [0, 0.1) is 0 Å². The third-order valence-corrected chi connectivity index (χ3v) is 4.47. The molecular formula is C23H17N5O. The first-order chi connectivity index (χ1) is 14.4. The molecule has 0 spiro atoms. The van der Waals surface area contributed by atoms with Gasteiger partial charge in [-0.2, -0.15) is 15.2 Å². The Morgan fingerprint density at radius 3 is 2.38 bits per heavy atom. The highest BCUT2D eigenvalue weighted by Gasteiger charge is 2.11. The lowest BCUT2D eigenvalue weighted by molar-refractivity contribution is 0.617. The van der Waals surface area contributed by atoms with Gasteiger partial charge >= 0.3 is 6.01 Å². The molecule has 6 nitrogen and oxygen atoms in total. The lowest BCUT2D eigenvalue weighted by Gasteiger charge is -2.00. The minimum Gasteiger partial charge on any atom is -0.422 e. The average molecular weight is 379 g/mol. The lowest BCUT2D eigenvalue weighted by atomic mass is 10.1. The van der Waals surface area contributed by atoms with Crippen molar-refractivity contribution < 1.29 is 4.42 Å². The largest absolute Gasteiger partial charge is 0.422 e. The molecule has 5 rings (SSSR count). The maximum Gasteiger partial charge on any atom is 0.316 e. The van der Waals surface area contributed by atoms with Gasteiger partial charge in [-0.05, 0) is 24.3 Å². The van der Waals surface area contributed by atoms with Crippen LogP contribution in [0.3, 0.4) is 0 Å². The number of aromatic nitrogens is 3. The topological polar surface area (TPSA) is 68.2 Å². The summed E-state index contributed by atoms with van der Waals surface area (Å²) >= 11 is 0. The quantitative estimate of drug-likeness (QED) is 0.340. The van der Waals surface area contributed by atoms with Crippen molar-refractivity contribution in [3.05, 3.63) is 96.7 Å². The summed E-state index contributed by atoms with van der Waals surface area (Å²) in [5.74, 6) is 0. The Labute approximate surface area is 167 Å². The summed E-state index contributed by atoms with van der Waals surface area (Å²) in [6, 6.07) is 28.0. The smallest absolute Gasteiger partial charge is 0.316 e. The number of oxazole rings is 1. The van der Waals surface area contributed by atoms with Crippen LogP contribution in [-0.2, 0) is 0 Å². The van der Waals surface area contributed by atoms with Crippen LogP contribution in [-0.4, -0.2) is 21.0 Å². The Morgan fingerprint density at radius 1 is 0.862 bits per heavy atom. The van der Waals surface area contributed by atoms with Crippen molar-refractivity contribution in [1.29, 1.82) is 0 Å². The van der Waals surface area contributed by atoms with Crippen LogP contribution < -0.4 is 5.43 Å². The number of rotatable bonds is 5. The van der Waals surface area contributed by atoms with Crippen LogP contribution in [0.1, 0.15) is 5.56 Å². The zero-order chi connectivity index (χ0) is 19.5. The second-order valence-corrected chi connectivity index (χ2v) is 6.44. The maximum absolute atomic E-state index is 5.64. The zero-order valence-corrected chi connectivity index (χ0v) is 15.4. The van der Waals surface area contributed by atoms with E-state index >= 15 is 0 Å². The molecule has 6 heteroatoms. The van der Waals surface area contributed by atoms with Crippen molar-refractivity contribution in [2.75, 3.05) is 5.43 Å². The van der Waals surface area contributed by atoms with Gasteiger partial charge in [0.2, 0.25) is 0 Å². The molecule has 0 aliphatic rings. The monoisotopic (exact) mass is 379 g/mol. The van der Waals surface area contributed by atoms with Crippen LogP contribution in [0.5, 0.6) is 0 Å². The molecule has 5 aromatic rings. The summed E-state index contributed by atoms with van der Waals surface area (Å²) in [4.78, 5) is 4.36. The van der Waals surface area contributed by atoms with E-state index in [4.69, 9.17) is 9.52 Å². The van der Waals surface area contributed by atoms with E-state index in [0.29, 0.717) is 11.6 Å². The highest BCUT2D eigenvalue weighted by molar-refractivity contribution is 5.89. The molecule has 0 unspecified atom stereocenters. The van der Waals surface area contributed by atoms with Crippen molar-refractivity contribution in [2.24, 2.45) is 5.10 Å². The van der Waals surface area contributed by atoms with E-state index in [1.807, 2.05) is 95.8 Å². The van der Waals surface area contributed by atoms with Gasteiger partial charge in [0.15, 0.2) is 5.58 Å². The minimum absolute atomic E-state index is 0.346. The molecule has 0 saturated carbocycles. The number of nitrogens with one attached hydrogen (secondary N) is 1. The molecule has 140 valence electrons. The third kappa shape index (κ3) is 3.51. The lowest BCUT2D eigenvalue weighted by Crippen LogP contribution is -1.93. The molecule has 29 heavy (non-hydrogen) atoms. The van der Waals surface area contributed by atoms with Gasteiger partial charge in [-0.1, -0.05) is 60.7 Å².